The molecule has 0 bridgehead atoms. The van der Waals surface area contributed by atoms with E-state index in [1.54, 1.807) is 46.0 Å². The molecule has 0 aliphatic heterocycles. The van der Waals surface area contributed by atoms with E-state index in [0.29, 0.717) is 46.1 Å². The molecule has 0 saturated heterocycles. The predicted molar refractivity (Wildman–Crippen MR) is 160 cm³/mol. The highest BCUT2D eigenvalue weighted by Gasteiger charge is 2.27. The summed E-state index contributed by atoms with van der Waals surface area (Å²) in [4.78, 5) is 41.7. The van der Waals surface area contributed by atoms with Crippen molar-refractivity contribution in [3.05, 3.63) is 52.9 Å². The molecule has 2 amide bonds. The average molecular weight is 599 g/mol. The number of amides is 2. The van der Waals surface area contributed by atoms with E-state index < -0.39 is 29.3 Å². The molecule has 1 atom stereocenters. The van der Waals surface area contributed by atoms with E-state index in [2.05, 4.69) is 20.9 Å². The number of phenols is 1. The molecule has 1 aliphatic carbocycles. The molecule has 4 N–H and O–H groups in total. The zero-order chi connectivity index (χ0) is 30.8. The van der Waals surface area contributed by atoms with Crippen molar-refractivity contribution in [1.82, 2.24) is 15.6 Å². The van der Waals surface area contributed by atoms with E-state index in [-0.39, 0.29) is 28.8 Å². The van der Waals surface area contributed by atoms with Crippen LogP contribution in [-0.4, -0.2) is 51.6 Å². The van der Waals surface area contributed by atoms with E-state index in [0.717, 1.165) is 12.8 Å². The fourth-order valence-corrected chi connectivity index (χ4v) is 5.20. The maximum atomic E-state index is 14.2. The molecule has 9 nitrogen and oxygen atoms in total. The lowest BCUT2D eigenvalue weighted by atomic mass is 9.90. The first-order valence-corrected chi connectivity index (χ1v) is 14.3. The van der Waals surface area contributed by atoms with Crippen molar-refractivity contribution < 1.29 is 28.6 Å². The van der Waals surface area contributed by atoms with Crippen molar-refractivity contribution in [3.63, 3.8) is 0 Å². The second kappa shape index (κ2) is 12.5. The van der Waals surface area contributed by atoms with Gasteiger partial charge in [0.1, 0.15) is 11.6 Å². The van der Waals surface area contributed by atoms with Crippen LogP contribution in [0.15, 0.2) is 36.5 Å². The summed E-state index contributed by atoms with van der Waals surface area (Å²) in [5, 5.41) is 19.4. The Balaban J connectivity index is 1.47. The molecule has 1 aliphatic rings. The second-order valence-electron chi connectivity index (χ2n) is 11.7. The number of anilines is 1. The maximum Gasteiger partial charge on any atom is 0.408 e. The molecule has 224 valence electrons. The average Bonchev–Trinajstić information content (AvgIpc) is 2.91. The van der Waals surface area contributed by atoms with Gasteiger partial charge in [-0.15, -0.1) is 0 Å². The number of ether oxygens (including phenoxy) is 1. The van der Waals surface area contributed by atoms with E-state index in [1.165, 1.54) is 19.1 Å². The van der Waals surface area contributed by atoms with Crippen molar-refractivity contribution in [1.29, 1.82) is 0 Å². The highest BCUT2D eigenvalue weighted by atomic mass is 35.5. The number of phenolic OH excluding ortho intramolecular Hbond substituents is 1. The Morgan fingerprint density at radius 2 is 1.74 bits per heavy atom. The summed E-state index contributed by atoms with van der Waals surface area (Å²) >= 11 is 6.01. The minimum Gasteiger partial charge on any atom is -0.504 e. The van der Waals surface area contributed by atoms with Crippen LogP contribution in [0.25, 0.3) is 22.0 Å². The van der Waals surface area contributed by atoms with Crippen LogP contribution in [0.5, 0.6) is 5.75 Å². The number of fused-ring (bicyclic) bond motifs is 1. The Labute approximate surface area is 249 Å². The molecule has 1 unspecified atom stereocenters. The minimum absolute atomic E-state index is 0.0309. The van der Waals surface area contributed by atoms with E-state index in [9.17, 15) is 23.9 Å². The van der Waals surface area contributed by atoms with Gasteiger partial charge in [0.05, 0.1) is 21.8 Å². The fraction of sp³-hybridized carbons (Fsp3) is 0.419. The molecular formula is C31H36ClFN4O5. The number of rotatable bonds is 7. The number of hydrogen-bond acceptors (Lipinski definition) is 7. The van der Waals surface area contributed by atoms with Gasteiger partial charge in [0.2, 0.25) is 5.91 Å². The normalized spacial score (nSPS) is 17.8. The zero-order valence-electron chi connectivity index (χ0n) is 24.3. The number of benzene rings is 2. The maximum absolute atomic E-state index is 14.2. The van der Waals surface area contributed by atoms with Gasteiger partial charge in [0.25, 0.3) is 0 Å². The largest absolute Gasteiger partial charge is 0.504 e. The second-order valence-corrected chi connectivity index (χ2v) is 12.1. The molecule has 4 rings (SSSR count). The Kier molecular flexibility index (Phi) is 9.25. The topological polar surface area (TPSA) is 130 Å². The van der Waals surface area contributed by atoms with Crippen LogP contribution < -0.4 is 16.0 Å². The number of aromatic hydroxyl groups is 1. The number of hydrogen-bond donors (Lipinski definition) is 4. The number of carbonyl (C=O) groups is 3. The summed E-state index contributed by atoms with van der Waals surface area (Å²) in [6, 6.07) is 7.31. The van der Waals surface area contributed by atoms with Gasteiger partial charge < -0.3 is 25.8 Å². The molecule has 0 spiro atoms. The quantitative estimate of drug-likeness (QED) is 0.233. The summed E-state index contributed by atoms with van der Waals surface area (Å²) < 4.78 is 19.4. The van der Waals surface area contributed by atoms with Crippen molar-refractivity contribution in [3.8, 4) is 16.9 Å². The third-order valence-electron chi connectivity index (χ3n) is 7.15. The predicted octanol–water partition coefficient (Wildman–Crippen LogP) is 6.36. The van der Waals surface area contributed by atoms with Crippen LogP contribution in [0.4, 0.5) is 14.9 Å². The first-order valence-electron chi connectivity index (χ1n) is 13.9. The van der Waals surface area contributed by atoms with Crippen LogP contribution in [0.3, 0.4) is 0 Å². The Bertz CT molecular complexity index is 1490. The van der Waals surface area contributed by atoms with Gasteiger partial charge in [-0.3, -0.25) is 14.6 Å². The molecule has 0 radical (unpaired) electrons. The third-order valence-corrected chi connectivity index (χ3v) is 7.43. The van der Waals surface area contributed by atoms with Gasteiger partial charge >= 0.3 is 6.09 Å². The van der Waals surface area contributed by atoms with Gasteiger partial charge in [0, 0.05) is 23.7 Å². The van der Waals surface area contributed by atoms with E-state index >= 15 is 0 Å². The summed E-state index contributed by atoms with van der Waals surface area (Å²) in [5.74, 6) is -1.87. The highest BCUT2D eigenvalue weighted by Crippen LogP contribution is 2.36. The first kappa shape index (κ1) is 31.0. The smallest absolute Gasteiger partial charge is 0.408 e. The number of nitrogens with zero attached hydrogens (tertiary/aromatic N) is 1. The molecular weight excluding hydrogens is 563 g/mol. The number of alkyl carbamates (subject to hydrolysis) is 1. The Hall–Kier alpha value is -3.92. The highest BCUT2D eigenvalue weighted by molar-refractivity contribution is 6.32. The third kappa shape index (κ3) is 7.47. The number of pyridine rings is 1. The lowest BCUT2D eigenvalue weighted by Gasteiger charge is -2.31. The fourth-order valence-electron chi connectivity index (χ4n) is 4.99. The van der Waals surface area contributed by atoms with Gasteiger partial charge in [0.15, 0.2) is 17.3 Å². The molecule has 2 aromatic carbocycles. The lowest BCUT2D eigenvalue weighted by Crippen LogP contribution is -2.50. The standard InChI is InChI=1S/C31H36ClFN4O5/c1-16(35-30(41)42-31(3,4)5)29(40)37-21-9-7-20(8-10-21)36-27-22-12-18(19-13-24(32)28(39)25(33)14-19)6-11-26(22)34-15-23(27)17(2)38/h6,11-16,20-21,39H,7-10H2,1-5H3,(H,34,36)(H,35,41)(H,37,40)/t16?,20-,21-. The van der Waals surface area contributed by atoms with Crippen molar-refractivity contribution in [2.75, 3.05) is 5.32 Å². The molecule has 11 heteroatoms. The summed E-state index contributed by atoms with van der Waals surface area (Å²) in [5.41, 5.74) is 2.20. The van der Waals surface area contributed by atoms with Crippen LogP contribution in [0.2, 0.25) is 5.02 Å². The molecule has 1 fully saturated rings. The van der Waals surface area contributed by atoms with Crippen molar-refractivity contribution in [2.24, 2.45) is 0 Å². The van der Waals surface area contributed by atoms with E-state index in [4.69, 9.17) is 16.3 Å². The van der Waals surface area contributed by atoms with Crippen LogP contribution >= 0.6 is 11.6 Å². The van der Waals surface area contributed by atoms with Gasteiger partial charge in [-0.2, -0.15) is 0 Å². The number of carbonyl (C=O) groups excluding carboxylic acids is 3. The lowest BCUT2D eigenvalue weighted by molar-refractivity contribution is -0.123. The summed E-state index contributed by atoms with van der Waals surface area (Å²) in [6.45, 7) is 8.35. The zero-order valence-corrected chi connectivity index (χ0v) is 25.1. The summed E-state index contributed by atoms with van der Waals surface area (Å²) in [7, 11) is 0. The summed E-state index contributed by atoms with van der Waals surface area (Å²) in [6.07, 6.45) is 3.78. The number of halogens is 2. The number of nitrogens with one attached hydrogen (secondary N) is 3. The number of Topliss-reactive ketones (excluding diaryl/α,β-unsaturated/α-hetero) is 1. The van der Waals surface area contributed by atoms with Crippen LogP contribution in [0.1, 0.15) is 70.7 Å². The minimum atomic E-state index is -0.828. The Morgan fingerprint density at radius 1 is 1.07 bits per heavy atom. The van der Waals surface area contributed by atoms with Crippen molar-refractivity contribution >= 4 is 46.0 Å². The van der Waals surface area contributed by atoms with Crippen molar-refractivity contribution in [2.45, 2.75) is 84.0 Å². The van der Waals surface area contributed by atoms with Gasteiger partial charge in [-0.1, -0.05) is 17.7 Å². The molecule has 1 aromatic heterocycles. The first-order chi connectivity index (χ1) is 19.7. The monoisotopic (exact) mass is 598 g/mol. The van der Waals surface area contributed by atoms with Gasteiger partial charge in [-0.25, -0.2) is 9.18 Å². The molecule has 3 aromatic rings. The number of aromatic nitrogens is 1. The number of ketones is 1. The molecule has 1 heterocycles. The van der Waals surface area contributed by atoms with Gasteiger partial charge in [-0.05, 0) is 95.7 Å². The van der Waals surface area contributed by atoms with Crippen LogP contribution in [0, 0.1) is 5.82 Å². The van der Waals surface area contributed by atoms with E-state index in [1.807, 2.05) is 6.07 Å². The molecule has 42 heavy (non-hydrogen) atoms. The molecule has 1 saturated carbocycles. The van der Waals surface area contributed by atoms with Crippen LogP contribution in [-0.2, 0) is 9.53 Å². The SMILES string of the molecule is CC(=O)c1cnc2ccc(-c3cc(F)c(O)c(Cl)c3)cc2c1N[C@H]1CC[C@H](NC(=O)C(C)NC(=O)OC(C)(C)C)CC1. The Morgan fingerprint density at radius 3 is 2.36 bits per heavy atom.